The Kier molecular flexibility index (Phi) is 5.55. The van der Waals surface area contributed by atoms with Crippen LogP contribution in [0.4, 0.5) is 5.69 Å². The molecule has 0 aliphatic carbocycles. The van der Waals surface area contributed by atoms with Crippen LogP contribution in [0.5, 0.6) is 11.5 Å². The van der Waals surface area contributed by atoms with Crippen LogP contribution in [0.25, 0.3) is 0 Å². The Hall–Kier alpha value is -3.03. The molecule has 0 saturated carbocycles. The van der Waals surface area contributed by atoms with Crippen molar-refractivity contribution in [1.82, 2.24) is 9.78 Å². The van der Waals surface area contributed by atoms with Gasteiger partial charge in [-0.1, -0.05) is 12.1 Å². The van der Waals surface area contributed by atoms with Gasteiger partial charge in [-0.2, -0.15) is 5.10 Å². The lowest BCUT2D eigenvalue weighted by Gasteiger charge is -2.18. The highest BCUT2D eigenvalue weighted by atomic mass is 16.6. The molecule has 1 N–H and O–H groups in total. The summed E-state index contributed by atoms with van der Waals surface area (Å²) in [7, 11) is 1.80. The van der Waals surface area contributed by atoms with E-state index in [1.165, 1.54) is 6.92 Å². The number of ether oxygens (including phenoxy) is 3. The summed E-state index contributed by atoms with van der Waals surface area (Å²) in [5.41, 5.74) is 2.86. The molecule has 8 heteroatoms. The first kappa shape index (κ1) is 20.7. The third-order valence-corrected chi connectivity index (χ3v) is 4.84. The van der Waals surface area contributed by atoms with Crippen molar-refractivity contribution >= 4 is 17.6 Å². The zero-order valence-corrected chi connectivity index (χ0v) is 17.7. The van der Waals surface area contributed by atoms with Crippen LogP contribution >= 0.6 is 0 Å². The largest absolute Gasteiger partial charge is 0.483 e. The second-order valence-electron chi connectivity index (χ2n) is 7.86. The molecular weight excluding hydrogens is 374 g/mol. The molecule has 0 radical (unpaired) electrons. The molecular formula is C21H27N3O5. The zero-order chi connectivity index (χ0) is 21.3. The molecule has 1 aliphatic rings. The number of hydrogen-bond acceptors (Lipinski definition) is 6. The molecule has 156 valence electrons. The second-order valence-corrected chi connectivity index (χ2v) is 7.86. The van der Waals surface area contributed by atoms with Gasteiger partial charge in [0, 0.05) is 19.0 Å². The summed E-state index contributed by atoms with van der Waals surface area (Å²) in [5, 5.41) is 7.01. The van der Waals surface area contributed by atoms with Gasteiger partial charge in [0.1, 0.15) is 5.60 Å². The summed E-state index contributed by atoms with van der Waals surface area (Å²) in [6.45, 7) is 8.84. The van der Waals surface area contributed by atoms with E-state index >= 15 is 0 Å². The number of hydrogen-bond donors (Lipinski definition) is 1. The van der Waals surface area contributed by atoms with Gasteiger partial charge in [-0.3, -0.25) is 9.48 Å². The van der Waals surface area contributed by atoms with Gasteiger partial charge in [0.05, 0.1) is 17.1 Å². The Morgan fingerprint density at radius 2 is 2.07 bits per heavy atom. The fourth-order valence-corrected chi connectivity index (χ4v) is 3.30. The lowest BCUT2D eigenvalue weighted by atomic mass is 10.0. The Balaban J connectivity index is 1.55. The SMILES string of the molecule is Cc1nn(C)c(C)c1NC(=O)C(C)OC(=O)COc1cccc2c1OC(C)(C)C2. The normalized spacial score (nSPS) is 15.2. The number of carbonyl (C=O) groups excluding carboxylic acids is 2. The number of nitrogens with one attached hydrogen (secondary N) is 1. The van der Waals surface area contributed by atoms with E-state index in [-0.39, 0.29) is 12.2 Å². The van der Waals surface area contributed by atoms with Crippen LogP contribution in [-0.4, -0.2) is 40.0 Å². The predicted octanol–water partition coefficient (Wildman–Crippen LogP) is 2.70. The van der Waals surface area contributed by atoms with E-state index in [4.69, 9.17) is 14.2 Å². The van der Waals surface area contributed by atoms with Crippen LogP contribution in [0.1, 0.15) is 37.7 Å². The third-order valence-electron chi connectivity index (χ3n) is 4.84. The number of esters is 1. The first-order valence-electron chi connectivity index (χ1n) is 9.51. The average molecular weight is 401 g/mol. The molecule has 0 spiro atoms. The summed E-state index contributed by atoms with van der Waals surface area (Å²) >= 11 is 0. The topological polar surface area (TPSA) is 91.7 Å². The molecule has 2 aromatic rings. The van der Waals surface area contributed by atoms with Crippen LogP contribution < -0.4 is 14.8 Å². The molecule has 29 heavy (non-hydrogen) atoms. The number of amides is 1. The Labute approximate surface area is 170 Å². The summed E-state index contributed by atoms with van der Waals surface area (Å²) in [6.07, 6.45) is -0.198. The molecule has 2 heterocycles. The summed E-state index contributed by atoms with van der Waals surface area (Å²) in [4.78, 5) is 24.5. The van der Waals surface area contributed by atoms with Crippen molar-refractivity contribution in [3.8, 4) is 11.5 Å². The van der Waals surface area contributed by atoms with E-state index in [0.29, 0.717) is 22.9 Å². The number of aromatic nitrogens is 2. The van der Waals surface area contributed by atoms with Crippen LogP contribution in [0.15, 0.2) is 18.2 Å². The standard InChI is InChI=1S/C21H27N3O5/c1-12-18(13(2)24(6)23-12)22-20(26)14(3)28-17(25)11-27-16-9-7-8-15-10-21(4,5)29-19(15)16/h7-9,14H,10-11H2,1-6H3,(H,22,26). The molecule has 1 atom stereocenters. The van der Waals surface area contributed by atoms with Crippen molar-refractivity contribution in [2.75, 3.05) is 11.9 Å². The highest BCUT2D eigenvalue weighted by Crippen LogP contribution is 2.41. The number of para-hydroxylation sites is 1. The number of anilines is 1. The fourth-order valence-electron chi connectivity index (χ4n) is 3.30. The molecule has 1 aromatic carbocycles. The minimum Gasteiger partial charge on any atom is -0.483 e. The number of rotatable bonds is 6. The Bertz CT molecular complexity index is 948. The lowest BCUT2D eigenvalue weighted by molar-refractivity contribution is -0.155. The molecule has 0 saturated heterocycles. The Morgan fingerprint density at radius 3 is 2.72 bits per heavy atom. The summed E-state index contributed by atoms with van der Waals surface area (Å²) in [6, 6.07) is 5.58. The zero-order valence-electron chi connectivity index (χ0n) is 17.7. The van der Waals surface area contributed by atoms with E-state index in [1.807, 2.05) is 32.9 Å². The van der Waals surface area contributed by atoms with E-state index in [1.54, 1.807) is 24.7 Å². The van der Waals surface area contributed by atoms with Crippen molar-refractivity contribution in [2.45, 2.75) is 52.7 Å². The molecule has 1 amide bonds. The maximum atomic E-state index is 12.4. The number of benzene rings is 1. The van der Waals surface area contributed by atoms with Gasteiger partial charge < -0.3 is 19.5 Å². The molecule has 0 fully saturated rings. The second kappa shape index (κ2) is 7.77. The highest BCUT2D eigenvalue weighted by Gasteiger charge is 2.32. The molecule has 0 bridgehead atoms. The van der Waals surface area contributed by atoms with Gasteiger partial charge in [-0.25, -0.2) is 4.79 Å². The number of aryl methyl sites for hydroxylation is 2. The number of fused-ring (bicyclic) bond motifs is 1. The predicted molar refractivity (Wildman–Crippen MR) is 107 cm³/mol. The Morgan fingerprint density at radius 1 is 1.34 bits per heavy atom. The van der Waals surface area contributed by atoms with Gasteiger partial charge in [-0.15, -0.1) is 0 Å². The van der Waals surface area contributed by atoms with E-state index in [0.717, 1.165) is 17.7 Å². The van der Waals surface area contributed by atoms with Crippen molar-refractivity contribution in [3.05, 3.63) is 35.2 Å². The van der Waals surface area contributed by atoms with Gasteiger partial charge in [0.2, 0.25) is 0 Å². The molecule has 8 nitrogen and oxygen atoms in total. The van der Waals surface area contributed by atoms with Crippen molar-refractivity contribution < 1.29 is 23.8 Å². The average Bonchev–Trinajstić information content (AvgIpc) is 3.08. The monoisotopic (exact) mass is 401 g/mol. The van der Waals surface area contributed by atoms with Gasteiger partial charge >= 0.3 is 5.97 Å². The highest BCUT2D eigenvalue weighted by molar-refractivity contribution is 5.96. The summed E-state index contributed by atoms with van der Waals surface area (Å²) < 4.78 is 18.4. The van der Waals surface area contributed by atoms with Crippen LogP contribution in [0.2, 0.25) is 0 Å². The molecule has 1 aromatic heterocycles. The quantitative estimate of drug-likeness (QED) is 0.749. The van der Waals surface area contributed by atoms with Gasteiger partial charge in [0.25, 0.3) is 5.91 Å². The first-order chi connectivity index (χ1) is 13.6. The van der Waals surface area contributed by atoms with Gasteiger partial charge in [-0.05, 0) is 40.7 Å². The fraction of sp³-hybridized carbons (Fsp3) is 0.476. The third kappa shape index (κ3) is 4.52. The first-order valence-corrected chi connectivity index (χ1v) is 9.51. The lowest BCUT2D eigenvalue weighted by Crippen LogP contribution is -2.32. The maximum absolute atomic E-state index is 12.4. The minimum absolute atomic E-state index is 0.308. The van der Waals surface area contributed by atoms with E-state index in [9.17, 15) is 9.59 Å². The molecule has 1 unspecified atom stereocenters. The minimum atomic E-state index is -0.971. The smallest absolute Gasteiger partial charge is 0.344 e. The van der Waals surface area contributed by atoms with Crippen LogP contribution in [-0.2, 0) is 27.8 Å². The molecule has 3 rings (SSSR count). The molecule has 1 aliphatic heterocycles. The van der Waals surface area contributed by atoms with Crippen molar-refractivity contribution in [3.63, 3.8) is 0 Å². The van der Waals surface area contributed by atoms with Crippen molar-refractivity contribution in [2.24, 2.45) is 7.05 Å². The van der Waals surface area contributed by atoms with E-state index in [2.05, 4.69) is 10.4 Å². The van der Waals surface area contributed by atoms with Gasteiger partial charge in [0.15, 0.2) is 24.2 Å². The number of carbonyl (C=O) groups is 2. The number of nitrogens with zero attached hydrogens (tertiary/aromatic N) is 2. The van der Waals surface area contributed by atoms with Crippen LogP contribution in [0.3, 0.4) is 0 Å². The summed E-state index contributed by atoms with van der Waals surface area (Å²) in [5.74, 6) is 0.0766. The van der Waals surface area contributed by atoms with Crippen molar-refractivity contribution in [1.29, 1.82) is 0 Å². The van der Waals surface area contributed by atoms with Crippen LogP contribution in [0, 0.1) is 13.8 Å². The van der Waals surface area contributed by atoms with E-state index < -0.39 is 18.0 Å². The maximum Gasteiger partial charge on any atom is 0.344 e.